The molecule has 9 heteroatoms. The number of sulfonamides is 1. The summed E-state index contributed by atoms with van der Waals surface area (Å²) in [5.41, 5.74) is -0.00976. The molecule has 1 atom stereocenters. The van der Waals surface area contributed by atoms with Crippen LogP contribution in [0.5, 0.6) is 0 Å². The molecular formula is C29H34N4O4S. The molecule has 0 aliphatic carbocycles. The molecule has 2 aliphatic rings. The Morgan fingerprint density at radius 1 is 0.974 bits per heavy atom. The van der Waals surface area contributed by atoms with Crippen LogP contribution in [0.15, 0.2) is 77.7 Å². The van der Waals surface area contributed by atoms with Crippen LogP contribution < -0.4 is 10.2 Å². The van der Waals surface area contributed by atoms with Crippen LogP contribution in [0.1, 0.15) is 33.1 Å². The molecule has 2 heterocycles. The highest BCUT2D eigenvalue weighted by atomic mass is 32.2. The van der Waals surface area contributed by atoms with E-state index in [9.17, 15) is 18.0 Å². The van der Waals surface area contributed by atoms with Crippen LogP contribution in [0.2, 0.25) is 0 Å². The van der Waals surface area contributed by atoms with Crippen molar-refractivity contribution in [2.24, 2.45) is 0 Å². The van der Waals surface area contributed by atoms with Gasteiger partial charge < -0.3 is 15.1 Å². The lowest BCUT2D eigenvalue weighted by Gasteiger charge is -2.42. The summed E-state index contributed by atoms with van der Waals surface area (Å²) in [5, 5.41) is 4.79. The summed E-state index contributed by atoms with van der Waals surface area (Å²) in [5.74, 6) is -0.308. The Kier molecular flexibility index (Phi) is 7.15. The molecule has 2 saturated heterocycles. The van der Waals surface area contributed by atoms with Gasteiger partial charge in [-0.3, -0.25) is 9.59 Å². The van der Waals surface area contributed by atoms with E-state index in [1.807, 2.05) is 79.4 Å². The molecule has 0 saturated carbocycles. The number of hydrogen-bond donors (Lipinski definition) is 1. The van der Waals surface area contributed by atoms with Crippen molar-refractivity contribution in [3.8, 4) is 0 Å². The first-order valence-corrected chi connectivity index (χ1v) is 14.6. The molecule has 0 aromatic heterocycles. The second-order valence-electron chi connectivity index (χ2n) is 10.2. The van der Waals surface area contributed by atoms with Gasteiger partial charge in [0.05, 0.1) is 11.6 Å². The molecule has 2 fully saturated rings. The number of fused-ring (bicyclic) bond motifs is 1. The number of anilines is 1. The van der Waals surface area contributed by atoms with Gasteiger partial charge >= 0.3 is 0 Å². The average Bonchev–Trinajstić information content (AvgIpc) is 3.19. The van der Waals surface area contributed by atoms with Crippen LogP contribution in [-0.2, 0) is 19.6 Å². The van der Waals surface area contributed by atoms with Crippen LogP contribution in [0.25, 0.3) is 10.8 Å². The first-order valence-electron chi connectivity index (χ1n) is 13.1. The monoisotopic (exact) mass is 534 g/mol. The highest BCUT2D eigenvalue weighted by Gasteiger charge is 2.55. The summed E-state index contributed by atoms with van der Waals surface area (Å²) < 4.78 is 28.6. The zero-order valence-electron chi connectivity index (χ0n) is 21.8. The molecule has 1 N–H and O–H groups in total. The third-order valence-corrected chi connectivity index (χ3v) is 9.74. The molecule has 8 nitrogen and oxygen atoms in total. The predicted octanol–water partition coefficient (Wildman–Crippen LogP) is 3.58. The van der Waals surface area contributed by atoms with Crippen molar-refractivity contribution in [3.05, 3.63) is 72.8 Å². The molecule has 1 unspecified atom stereocenters. The van der Waals surface area contributed by atoms with Gasteiger partial charge in [-0.05, 0) is 61.2 Å². The molecule has 200 valence electrons. The van der Waals surface area contributed by atoms with Crippen molar-refractivity contribution < 1.29 is 18.0 Å². The minimum absolute atomic E-state index is 0.0205. The number of carbonyl (C=O) groups excluding carboxylic acids is 2. The Bertz CT molecular complexity index is 1440. The Balaban J connectivity index is 1.38. The molecule has 0 radical (unpaired) electrons. The number of benzene rings is 3. The van der Waals surface area contributed by atoms with Gasteiger partial charge in [0.2, 0.25) is 21.8 Å². The van der Waals surface area contributed by atoms with E-state index in [1.165, 1.54) is 4.31 Å². The number of piperidine rings is 1. The number of para-hydroxylation sites is 1. The molecule has 38 heavy (non-hydrogen) atoms. The Labute approximate surface area is 224 Å². The number of amides is 2. The molecule has 2 amide bonds. The van der Waals surface area contributed by atoms with Crippen LogP contribution in [0.4, 0.5) is 5.69 Å². The Hall–Kier alpha value is -3.43. The maximum atomic E-state index is 13.9. The second kappa shape index (κ2) is 10.4. The fraction of sp³-hybridized carbons (Fsp3) is 0.379. The van der Waals surface area contributed by atoms with E-state index < -0.39 is 15.6 Å². The van der Waals surface area contributed by atoms with Crippen molar-refractivity contribution >= 4 is 38.3 Å². The van der Waals surface area contributed by atoms with E-state index in [0.29, 0.717) is 12.8 Å². The molecule has 2 aliphatic heterocycles. The van der Waals surface area contributed by atoms with Gasteiger partial charge in [-0.2, -0.15) is 4.31 Å². The summed E-state index contributed by atoms with van der Waals surface area (Å²) in [7, 11) is -3.72. The van der Waals surface area contributed by atoms with Crippen molar-refractivity contribution in [2.75, 3.05) is 31.2 Å². The fourth-order valence-electron chi connectivity index (χ4n) is 5.49. The molecule has 3 aromatic rings. The van der Waals surface area contributed by atoms with E-state index in [0.717, 1.165) is 22.9 Å². The Morgan fingerprint density at radius 2 is 1.63 bits per heavy atom. The van der Waals surface area contributed by atoms with Gasteiger partial charge in [0.25, 0.3) is 0 Å². The average molecular weight is 535 g/mol. The minimum atomic E-state index is -3.72. The predicted molar refractivity (Wildman–Crippen MR) is 148 cm³/mol. The SMILES string of the molecule is CCC(C)NC(=O)CN1CN(c2ccccc2)C2(CCN(S(=O)(=O)c3ccc4ccccc4c3)CC2)C1=O. The number of rotatable bonds is 7. The van der Waals surface area contributed by atoms with E-state index in [4.69, 9.17) is 0 Å². The third-order valence-electron chi connectivity index (χ3n) is 7.84. The summed E-state index contributed by atoms with van der Waals surface area (Å²) >= 11 is 0. The molecule has 3 aromatic carbocycles. The largest absolute Gasteiger partial charge is 0.352 e. The lowest BCUT2D eigenvalue weighted by atomic mass is 9.86. The number of nitrogens with zero attached hydrogens (tertiary/aromatic N) is 3. The van der Waals surface area contributed by atoms with Gasteiger partial charge in [0.1, 0.15) is 12.1 Å². The third kappa shape index (κ3) is 4.76. The fourth-order valence-corrected chi connectivity index (χ4v) is 6.97. The van der Waals surface area contributed by atoms with Gasteiger partial charge in [-0.25, -0.2) is 8.42 Å². The molecule has 5 rings (SSSR count). The van der Waals surface area contributed by atoms with Gasteiger partial charge in [0.15, 0.2) is 0 Å². The molecular weight excluding hydrogens is 500 g/mol. The van der Waals surface area contributed by atoms with Crippen molar-refractivity contribution in [1.29, 1.82) is 0 Å². The van der Waals surface area contributed by atoms with E-state index >= 15 is 0 Å². The van der Waals surface area contributed by atoms with Crippen LogP contribution >= 0.6 is 0 Å². The lowest BCUT2D eigenvalue weighted by molar-refractivity contribution is -0.137. The normalized spacial score (nSPS) is 18.7. The standard InChI is InChI=1S/C29H34N4O4S/c1-3-22(2)30-27(34)20-31-21-33(25-11-5-4-6-12-25)29(28(31)35)15-17-32(18-16-29)38(36,37)26-14-13-23-9-7-8-10-24(23)19-26/h4-14,19,22H,3,15-18,20-21H2,1-2H3,(H,30,34). The molecule has 0 bridgehead atoms. The van der Waals surface area contributed by atoms with E-state index in [-0.39, 0.29) is 49.1 Å². The zero-order chi connectivity index (χ0) is 26.9. The van der Waals surface area contributed by atoms with Gasteiger partial charge in [-0.15, -0.1) is 0 Å². The van der Waals surface area contributed by atoms with Crippen LogP contribution in [-0.4, -0.2) is 67.3 Å². The van der Waals surface area contributed by atoms with E-state index in [2.05, 4.69) is 5.32 Å². The van der Waals surface area contributed by atoms with Gasteiger partial charge in [0, 0.05) is 24.8 Å². The van der Waals surface area contributed by atoms with Crippen LogP contribution in [0, 0.1) is 0 Å². The maximum Gasteiger partial charge on any atom is 0.250 e. The van der Waals surface area contributed by atoms with Gasteiger partial charge in [-0.1, -0.05) is 55.5 Å². The smallest absolute Gasteiger partial charge is 0.250 e. The quantitative estimate of drug-likeness (QED) is 0.501. The summed E-state index contributed by atoms with van der Waals surface area (Å²) in [4.78, 5) is 30.4. The van der Waals surface area contributed by atoms with E-state index in [1.54, 1.807) is 17.0 Å². The first-order chi connectivity index (χ1) is 18.2. The Morgan fingerprint density at radius 3 is 2.32 bits per heavy atom. The van der Waals surface area contributed by atoms with Crippen LogP contribution in [0.3, 0.4) is 0 Å². The molecule has 1 spiro atoms. The highest BCUT2D eigenvalue weighted by Crippen LogP contribution is 2.40. The minimum Gasteiger partial charge on any atom is -0.352 e. The zero-order valence-corrected chi connectivity index (χ0v) is 22.7. The lowest BCUT2D eigenvalue weighted by Crippen LogP contribution is -2.57. The summed E-state index contributed by atoms with van der Waals surface area (Å²) in [6, 6.07) is 22.6. The number of hydrogen-bond acceptors (Lipinski definition) is 5. The second-order valence-corrected chi connectivity index (χ2v) is 12.2. The van der Waals surface area contributed by atoms with Crippen molar-refractivity contribution in [2.45, 2.75) is 49.6 Å². The number of carbonyl (C=O) groups is 2. The van der Waals surface area contributed by atoms with Crippen molar-refractivity contribution in [1.82, 2.24) is 14.5 Å². The highest BCUT2D eigenvalue weighted by molar-refractivity contribution is 7.89. The first kappa shape index (κ1) is 26.2. The maximum absolute atomic E-state index is 13.9. The topological polar surface area (TPSA) is 90.0 Å². The summed E-state index contributed by atoms with van der Waals surface area (Å²) in [6.45, 7) is 4.64. The van der Waals surface area contributed by atoms with Crippen molar-refractivity contribution in [3.63, 3.8) is 0 Å². The summed E-state index contributed by atoms with van der Waals surface area (Å²) in [6.07, 6.45) is 1.50. The number of nitrogens with one attached hydrogen (secondary N) is 1.